The number of quaternary nitrogens is 2. The molecule has 5 atom stereocenters. The van der Waals surface area contributed by atoms with Crippen molar-refractivity contribution in [3.05, 3.63) is 47.5 Å². The molecule has 0 bridgehead atoms. The second-order valence-electron chi connectivity index (χ2n) is 11.4. The van der Waals surface area contributed by atoms with Gasteiger partial charge in [0, 0.05) is 24.7 Å². The molecule has 238 valence electrons. The quantitative estimate of drug-likeness (QED) is 0.141. The Kier molecular flexibility index (Phi) is 8.18. The van der Waals surface area contributed by atoms with E-state index < -0.39 is 23.6 Å². The minimum Gasteiger partial charge on any atom is -0.496 e. The number of fused-ring (bicyclic) bond motifs is 3. The fourth-order valence-corrected chi connectivity index (χ4v) is 6.18. The summed E-state index contributed by atoms with van der Waals surface area (Å²) in [6, 6.07) is 1.71. The number of guanidine groups is 1. The number of esters is 1. The number of carbonyl (C=O) groups is 2. The SMILES string of the molecule is CCOC(=O)C1=C/C(=C\C[NH+]2C=CNC2[NH+]2CN=C3C(=O)NC(=N)N=C32)c2c(cc3c(c2OC)C[C@@H]([C@](C)(O)CCCO)O3)O1. The fraction of sp³-hybridized carbons (Fsp3) is 0.433. The van der Waals surface area contributed by atoms with Crippen LogP contribution in [-0.4, -0.2) is 91.1 Å². The highest BCUT2D eigenvalue weighted by molar-refractivity contribution is 6.68. The largest absolute Gasteiger partial charge is 0.496 e. The molecule has 1 amide bonds. The highest BCUT2D eigenvalue weighted by atomic mass is 16.6. The van der Waals surface area contributed by atoms with E-state index in [1.165, 1.54) is 0 Å². The van der Waals surface area contributed by atoms with Crippen LogP contribution in [0.1, 0.15) is 37.8 Å². The first-order valence-corrected chi connectivity index (χ1v) is 14.8. The molecular formula is C30H37N7O8+2. The van der Waals surface area contributed by atoms with Crippen molar-refractivity contribution in [2.75, 3.05) is 33.5 Å². The van der Waals surface area contributed by atoms with Gasteiger partial charge in [0.25, 0.3) is 11.7 Å². The van der Waals surface area contributed by atoms with Crippen molar-refractivity contribution in [3.63, 3.8) is 0 Å². The lowest BCUT2D eigenvalue weighted by molar-refractivity contribution is -1.05. The zero-order valence-electron chi connectivity index (χ0n) is 25.2. The molecule has 1 aromatic carbocycles. The summed E-state index contributed by atoms with van der Waals surface area (Å²) in [6.07, 6.45) is 7.67. The van der Waals surface area contributed by atoms with Crippen LogP contribution in [0.5, 0.6) is 17.2 Å². The van der Waals surface area contributed by atoms with Crippen LogP contribution in [0.15, 0.2) is 46.4 Å². The lowest BCUT2D eigenvalue weighted by Gasteiger charge is -2.29. The molecule has 0 radical (unpaired) electrons. The third-order valence-corrected chi connectivity index (χ3v) is 8.42. The van der Waals surface area contributed by atoms with E-state index in [2.05, 4.69) is 20.6 Å². The van der Waals surface area contributed by atoms with Gasteiger partial charge >= 0.3 is 12.3 Å². The molecule has 45 heavy (non-hydrogen) atoms. The Balaban J connectivity index is 1.33. The zero-order valence-corrected chi connectivity index (χ0v) is 25.2. The van der Waals surface area contributed by atoms with Crippen LogP contribution in [0.4, 0.5) is 0 Å². The lowest BCUT2D eigenvalue weighted by atomic mass is 9.89. The van der Waals surface area contributed by atoms with E-state index in [9.17, 15) is 19.8 Å². The summed E-state index contributed by atoms with van der Waals surface area (Å²) in [5.74, 6) is 0.492. The molecule has 0 spiro atoms. The van der Waals surface area contributed by atoms with Gasteiger partial charge in [-0.15, -0.1) is 0 Å². The van der Waals surface area contributed by atoms with E-state index in [4.69, 9.17) is 24.4 Å². The Labute approximate surface area is 259 Å². The predicted octanol–water partition coefficient (Wildman–Crippen LogP) is -2.25. The summed E-state index contributed by atoms with van der Waals surface area (Å²) in [5.41, 5.74) is 1.10. The first-order chi connectivity index (χ1) is 21.6. The van der Waals surface area contributed by atoms with Crippen molar-refractivity contribution in [3.8, 4) is 17.2 Å². The van der Waals surface area contributed by atoms with E-state index in [-0.39, 0.29) is 43.6 Å². The van der Waals surface area contributed by atoms with Crippen molar-refractivity contribution in [2.24, 2.45) is 9.98 Å². The van der Waals surface area contributed by atoms with Gasteiger partial charge in [-0.2, -0.15) is 9.89 Å². The van der Waals surface area contributed by atoms with E-state index in [1.54, 1.807) is 33.1 Å². The fourth-order valence-electron chi connectivity index (χ4n) is 6.18. The third kappa shape index (κ3) is 5.59. The molecule has 0 saturated carbocycles. The number of amidine groups is 1. The van der Waals surface area contributed by atoms with Gasteiger partial charge < -0.3 is 29.2 Å². The minimum atomic E-state index is -1.20. The number of ether oxygens (including phenoxy) is 4. The van der Waals surface area contributed by atoms with Crippen LogP contribution in [-0.2, 0) is 20.7 Å². The van der Waals surface area contributed by atoms with Crippen molar-refractivity contribution in [2.45, 2.75) is 51.1 Å². The van der Waals surface area contributed by atoms with Crippen LogP contribution in [0.3, 0.4) is 0 Å². The van der Waals surface area contributed by atoms with Gasteiger partial charge in [0.15, 0.2) is 6.67 Å². The van der Waals surface area contributed by atoms with Gasteiger partial charge in [-0.3, -0.25) is 20.8 Å². The maximum absolute atomic E-state index is 12.8. The Morgan fingerprint density at radius 3 is 2.93 bits per heavy atom. The number of amides is 1. The molecule has 7 N–H and O–H groups in total. The average Bonchev–Trinajstić information content (AvgIpc) is 3.76. The minimum absolute atomic E-state index is 0.00743. The third-order valence-electron chi connectivity index (χ3n) is 8.42. The van der Waals surface area contributed by atoms with Gasteiger partial charge in [-0.05, 0) is 44.4 Å². The smallest absolute Gasteiger partial charge is 0.374 e. The van der Waals surface area contributed by atoms with Crippen LogP contribution < -0.4 is 34.6 Å². The number of hydrogen-bond donors (Lipinski definition) is 7. The number of aliphatic hydroxyl groups excluding tert-OH is 1. The van der Waals surface area contributed by atoms with Crippen LogP contribution >= 0.6 is 0 Å². The lowest BCUT2D eigenvalue weighted by Crippen LogP contribution is -3.36. The molecule has 3 unspecified atom stereocenters. The number of carbonyl (C=O) groups excluding carboxylic acids is 2. The van der Waals surface area contributed by atoms with Gasteiger partial charge in [0.05, 0.1) is 31.1 Å². The number of nitrogens with zero attached hydrogens (tertiary/aromatic N) is 2. The van der Waals surface area contributed by atoms with Crippen molar-refractivity contribution < 1.29 is 48.5 Å². The first kappa shape index (κ1) is 30.5. The maximum atomic E-state index is 12.8. The van der Waals surface area contributed by atoms with Gasteiger partial charge in [0.2, 0.25) is 17.4 Å². The molecule has 0 aliphatic carbocycles. The zero-order chi connectivity index (χ0) is 31.9. The molecule has 5 aliphatic rings. The molecule has 0 fully saturated rings. The van der Waals surface area contributed by atoms with Crippen molar-refractivity contribution in [1.29, 1.82) is 5.41 Å². The summed E-state index contributed by atoms with van der Waals surface area (Å²) < 4.78 is 23.4. The molecule has 6 rings (SSSR count). The Morgan fingerprint density at radius 2 is 2.18 bits per heavy atom. The van der Waals surface area contributed by atoms with E-state index >= 15 is 0 Å². The van der Waals surface area contributed by atoms with Crippen molar-refractivity contribution >= 4 is 35.0 Å². The number of rotatable bonds is 10. The topological polar surface area (TPSA) is 193 Å². The average molecular weight is 624 g/mol. The Morgan fingerprint density at radius 1 is 1.36 bits per heavy atom. The van der Waals surface area contributed by atoms with E-state index in [0.29, 0.717) is 60.0 Å². The number of allylic oxidation sites excluding steroid dienone is 2. The maximum Gasteiger partial charge on any atom is 0.374 e. The molecule has 0 aromatic heterocycles. The second kappa shape index (κ2) is 12.1. The number of hydrogen-bond acceptors (Lipinski definition) is 11. The summed E-state index contributed by atoms with van der Waals surface area (Å²) >= 11 is 0. The molecule has 5 aliphatic heterocycles. The van der Waals surface area contributed by atoms with Crippen LogP contribution in [0.25, 0.3) is 5.57 Å². The number of benzene rings is 1. The highest BCUT2D eigenvalue weighted by Gasteiger charge is 2.46. The number of methoxy groups -OCH3 is 1. The summed E-state index contributed by atoms with van der Waals surface area (Å²) in [4.78, 5) is 35.6. The highest BCUT2D eigenvalue weighted by Crippen LogP contribution is 2.50. The predicted molar refractivity (Wildman–Crippen MR) is 160 cm³/mol. The normalized spacial score (nSPS) is 26.7. The van der Waals surface area contributed by atoms with Crippen LogP contribution in [0.2, 0.25) is 0 Å². The summed E-state index contributed by atoms with van der Waals surface area (Å²) in [6.45, 7) is 4.26. The van der Waals surface area contributed by atoms with Crippen molar-refractivity contribution in [1.82, 2.24) is 10.6 Å². The standard InChI is InChI=1S/C30H35N7O8/c1-4-43-27(40)20-12-16(6-9-36-10-8-32-29(36)37-15-33-23-25(37)34-28(31)35-26(23)39)22-19(44-20)14-18-17(24(22)42-3)13-21(45-18)30(2,41)7-5-11-38/h6,8,10,12,14,21,29,32,38,41H,4-5,7,9,11,13,15H2,1-3H3,(H2,31,35,39)/p+2/b16-6+/t21-,29?,30+/m0/s1. The summed E-state index contributed by atoms with van der Waals surface area (Å²) in [7, 11) is 1.55. The molecule has 5 heterocycles. The second-order valence-corrected chi connectivity index (χ2v) is 11.4. The monoisotopic (exact) mass is 623 g/mol. The first-order valence-electron chi connectivity index (χ1n) is 14.8. The van der Waals surface area contributed by atoms with E-state index in [1.807, 2.05) is 18.5 Å². The van der Waals surface area contributed by atoms with Gasteiger partial charge in [0.1, 0.15) is 36.1 Å². The van der Waals surface area contributed by atoms with E-state index in [0.717, 1.165) is 15.4 Å². The van der Waals surface area contributed by atoms with Gasteiger partial charge in [-0.1, -0.05) is 0 Å². The summed E-state index contributed by atoms with van der Waals surface area (Å²) in [5, 5.41) is 34.0. The van der Waals surface area contributed by atoms with Crippen LogP contribution in [0, 0.1) is 5.41 Å². The molecule has 1 aromatic rings. The van der Waals surface area contributed by atoms with Gasteiger partial charge in [-0.25, -0.2) is 14.7 Å². The molecular weight excluding hydrogens is 586 g/mol. The number of aliphatic imine (C=N–C) groups is 2. The number of nitrogens with one attached hydrogen (secondary N) is 5. The Hall–Kier alpha value is -4.57. The molecule has 15 heteroatoms. The Bertz CT molecular complexity index is 1590. The molecule has 15 nitrogen and oxygen atoms in total. The number of aliphatic hydroxyl groups is 2. The molecule has 0 saturated heterocycles.